The van der Waals surface area contributed by atoms with Crippen LogP contribution in [0.4, 0.5) is 4.39 Å². The lowest BCUT2D eigenvalue weighted by Crippen LogP contribution is -2.53. The molecule has 38 heavy (non-hydrogen) atoms. The average Bonchev–Trinajstić information content (AvgIpc) is 3.45. The van der Waals surface area contributed by atoms with Crippen LogP contribution < -0.4 is 10.1 Å². The number of aliphatic hydroxyl groups excluding tert-OH is 1. The SMILES string of the molecule is Cc1c(-c2cc(OC(CO)c3ccc(F)cn3)c3c(Cl)cnn3c2)nnn1C1CC(N2CCNCC2)C1.Cl. The summed E-state index contributed by atoms with van der Waals surface area (Å²) in [7, 11) is 0. The number of ether oxygens (including phenoxy) is 1. The van der Waals surface area contributed by atoms with Crippen molar-refractivity contribution in [1.82, 2.24) is 39.8 Å². The van der Waals surface area contributed by atoms with Crippen molar-refractivity contribution in [1.29, 1.82) is 0 Å². The second kappa shape index (κ2) is 11.1. The van der Waals surface area contributed by atoms with Crippen LogP contribution in [0.2, 0.25) is 5.02 Å². The molecule has 13 heteroatoms. The molecule has 2 N–H and O–H groups in total. The van der Waals surface area contributed by atoms with Crippen LogP contribution in [0.3, 0.4) is 0 Å². The normalized spacial score (nSPS) is 20.6. The molecule has 0 amide bonds. The Balaban J connectivity index is 0.00000294. The standard InChI is InChI=1S/C25H28ClFN8O2.ClH/c1-15-24(31-32-35(15)19-9-18(10-19)33-6-4-28-5-7-33)16-8-22(25-20(26)12-30-34(25)13-16)37-23(14-36)21-3-2-17(27)11-29-21;/h2-3,8,11-13,18-19,23,28,36H,4-7,9-10,14H2,1H3;1H. The van der Waals surface area contributed by atoms with Gasteiger partial charge in [-0.05, 0) is 38.0 Å². The number of aliphatic hydroxyl groups is 1. The summed E-state index contributed by atoms with van der Waals surface area (Å²) >= 11 is 6.42. The monoisotopic (exact) mass is 562 g/mol. The van der Waals surface area contributed by atoms with Crippen molar-refractivity contribution in [2.45, 2.75) is 38.0 Å². The number of hydrogen-bond acceptors (Lipinski definition) is 8. The van der Waals surface area contributed by atoms with E-state index in [1.165, 1.54) is 18.3 Å². The Kier molecular flexibility index (Phi) is 7.83. The van der Waals surface area contributed by atoms with Gasteiger partial charge in [-0.25, -0.2) is 13.6 Å². The third kappa shape index (κ3) is 4.96. The summed E-state index contributed by atoms with van der Waals surface area (Å²) in [6.45, 7) is 5.95. The van der Waals surface area contributed by atoms with Gasteiger partial charge in [0.25, 0.3) is 0 Å². The third-order valence-corrected chi connectivity index (χ3v) is 7.63. The summed E-state index contributed by atoms with van der Waals surface area (Å²) in [6, 6.07) is 5.50. The summed E-state index contributed by atoms with van der Waals surface area (Å²) in [6.07, 6.45) is 5.77. The summed E-state index contributed by atoms with van der Waals surface area (Å²) in [4.78, 5) is 6.62. The molecule has 10 nitrogen and oxygen atoms in total. The van der Waals surface area contributed by atoms with E-state index < -0.39 is 11.9 Å². The van der Waals surface area contributed by atoms with E-state index in [1.54, 1.807) is 4.52 Å². The molecule has 0 bridgehead atoms. The van der Waals surface area contributed by atoms with Crippen molar-refractivity contribution in [2.75, 3.05) is 32.8 Å². The van der Waals surface area contributed by atoms with Gasteiger partial charge < -0.3 is 15.2 Å². The van der Waals surface area contributed by atoms with Gasteiger partial charge >= 0.3 is 0 Å². The van der Waals surface area contributed by atoms with Crippen molar-refractivity contribution in [3.63, 3.8) is 0 Å². The number of hydrogen-bond donors (Lipinski definition) is 2. The molecule has 0 spiro atoms. The maximum atomic E-state index is 13.4. The van der Waals surface area contributed by atoms with Gasteiger partial charge in [0, 0.05) is 44.0 Å². The summed E-state index contributed by atoms with van der Waals surface area (Å²) in [5.41, 5.74) is 3.39. The van der Waals surface area contributed by atoms with E-state index in [1.807, 2.05) is 23.9 Å². The molecule has 4 aromatic rings. The minimum absolute atomic E-state index is 0. The zero-order valence-electron chi connectivity index (χ0n) is 20.8. The molecule has 1 aliphatic carbocycles. The number of nitrogens with one attached hydrogen (secondary N) is 1. The lowest BCUT2D eigenvalue weighted by molar-refractivity contribution is 0.0658. The maximum absolute atomic E-state index is 13.4. The van der Waals surface area contributed by atoms with E-state index in [9.17, 15) is 9.50 Å². The lowest BCUT2D eigenvalue weighted by atomic mass is 9.85. The van der Waals surface area contributed by atoms with Crippen molar-refractivity contribution in [3.8, 4) is 17.0 Å². The second-order valence-corrected chi connectivity index (χ2v) is 10.0. The van der Waals surface area contributed by atoms with Gasteiger partial charge in [-0.3, -0.25) is 9.88 Å². The van der Waals surface area contributed by atoms with Crippen LogP contribution in [0.5, 0.6) is 5.75 Å². The molecular weight excluding hydrogens is 534 g/mol. The van der Waals surface area contributed by atoms with E-state index in [0.717, 1.165) is 62.2 Å². The Morgan fingerprint density at radius 1 is 1.21 bits per heavy atom. The van der Waals surface area contributed by atoms with Crippen LogP contribution in [-0.2, 0) is 0 Å². The Bertz CT molecular complexity index is 1400. The van der Waals surface area contributed by atoms with Crippen LogP contribution in [0, 0.1) is 12.7 Å². The summed E-state index contributed by atoms with van der Waals surface area (Å²) in [5, 5.41) is 27.2. The minimum atomic E-state index is -0.820. The fraction of sp³-hybridized carbons (Fsp3) is 0.440. The minimum Gasteiger partial charge on any atom is -0.479 e. The van der Waals surface area contributed by atoms with Gasteiger partial charge in [-0.2, -0.15) is 5.10 Å². The summed E-state index contributed by atoms with van der Waals surface area (Å²) < 4.78 is 23.2. The van der Waals surface area contributed by atoms with Crippen LogP contribution in [0.25, 0.3) is 16.8 Å². The highest BCUT2D eigenvalue weighted by Gasteiger charge is 2.37. The number of fused-ring (bicyclic) bond motifs is 1. The van der Waals surface area contributed by atoms with Gasteiger partial charge in [0.05, 0.1) is 41.5 Å². The molecule has 1 unspecified atom stereocenters. The molecule has 5 heterocycles. The largest absolute Gasteiger partial charge is 0.479 e. The van der Waals surface area contributed by atoms with Gasteiger partial charge in [0.1, 0.15) is 22.8 Å². The number of pyridine rings is 2. The number of aromatic nitrogens is 6. The highest BCUT2D eigenvalue weighted by Crippen LogP contribution is 2.39. The molecule has 6 rings (SSSR count). The van der Waals surface area contributed by atoms with Gasteiger partial charge in [-0.1, -0.05) is 16.8 Å². The van der Waals surface area contributed by atoms with Crippen LogP contribution in [-0.4, -0.2) is 78.4 Å². The van der Waals surface area contributed by atoms with Crippen LogP contribution in [0.1, 0.15) is 36.4 Å². The van der Waals surface area contributed by atoms with E-state index >= 15 is 0 Å². The van der Waals surface area contributed by atoms with E-state index in [4.69, 9.17) is 16.3 Å². The van der Waals surface area contributed by atoms with Crippen molar-refractivity contribution in [3.05, 3.63) is 59.0 Å². The quantitative estimate of drug-likeness (QED) is 0.353. The number of piperazine rings is 1. The fourth-order valence-corrected chi connectivity index (χ4v) is 5.47. The van der Waals surface area contributed by atoms with Gasteiger partial charge in [0.2, 0.25) is 0 Å². The number of nitrogens with zero attached hydrogens (tertiary/aromatic N) is 7. The maximum Gasteiger partial charge on any atom is 0.163 e. The number of rotatable bonds is 7. The third-order valence-electron chi connectivity index (χ3n) is 7.35. The highest BCUT2D eigenvalue weighted by molar-refractivity contribution is 6.34. The van der Waals surface area contributed by atoms with Crippen molar-refractivity contribution < 1.29 is 14.2 Å². The molecular formula is C25H29Cl2FN8O2. The molecule has 202 valence electrons. The predicted octanol–water partition coefficient (Wildman–Crippen LogP) is 3.23. The smallest absolute Gasteiger partial charge is 0.163 e. The van der Waals surface area contributed by atoms with Gasteiger partial charge in [-0.15, -0.1) is 17.5 Å². The first-order valence-electron chi connectivity index (χ1n) is 12.4. The summed E-state index contributed by atoms with van der Waals surface area (Å²) in [5.74, 6) is -0.0607. The Morgan fingerprint density at radius 2 is 2.00 bits per heavy atom. The second-order valence-electron chi connectivity index (χ2n) is 9.60. The predicted molar refractivity (Wildman–Crippen MR) is 142 cm³/mol. The lowest BCUT2D eigenvalue weighted by Gasteiger charge is -2.44. The molecule has 2 aliphatic rings. The first-order valence-corrected chi connectivity index (χ1v) is 12.8. The zero-order valence-corrected chi connectivity index (χ0v) is 22.4. The van der Waals surface area contributed by atoms with Crippen molar-refractivity contribution >= 4 is 29.5 Å². The molecule has 1 saturated heterocycles. The molecule has 0 radical (unpaired) electrons. The fourth-order valence-electron chi connectivity index (χ4n) is 5.25. The molecule has 4 aromatic heterocycles. The highest BCUT2D eigenvalue weighted by atomic mass is 35.5. The number of halogens is 3. The van der Waals surface area contributed by atoms with Gasteiger partial charge in [0.15, 0.2) is 6.10 Å². The van der Waals surface area contributed by atoms with Crippen LogP contribution >= 0.6 is 24.0 Å². The van der Waals surface area contributed by atoms with E-state index in [0.29, 0.717) is 34.1 Å². The molecule has 1 aliphatic heterocycles. The van der Waals surface area contributed by atoms with E-state index in [-0.39, 0.29) is 19.0 Å². The zero-order chi connectivity index (χ0) is 25.5. The Labute approximate surface area is 230 Å². The first kappa shape index (κ1) is 26.8. The average molecular weight is 563 g/mol. The molecule has 1 atom stereocenters. The molecule has 1 saturated carbocycles. The topological polar surface area (TPSA) is 106 Å². The molecule has 2 fully saturated rings. The van der Waals surface area contributed by atoms with Crippen LogP contribution in [0.15, 0.2) is 36.8 Å². The van der Waals surface area contributed by atoms with E-state index in [2.05, 4.69) is 30.6 Å². The first-order chi connectivity index (χ1) is 18.0. The molecule has 0 aromatic carbocycles. The Morgan fingerprint density at radius 3 is 2.71 bits per heavy atom. The Hall–Kier alpha value is -2.83. The van der Waals surface area contributed by atoms with Crippen molar-refractivity contribution in [2.24, 2.45) is 0 Å².